The Morgan fingerprint density at radius 3 is 3.06 bits per heavy atom. The third kappa shape index (κ3) is 3.44. The van der Waals surface area contributed by atoms with Gasteiger partial charge in [-0.05, 0) is 18.6 Å². The average Bonchev–Trinajstić information content (AvgIpc) is 2.75. The van der Waals surface area contributed by atoms with Gasteiger partial charge in [-0.3, -0.25) is 4.40 Å². The fourth-order valence-electron chi connectivity index (χ4n) is 1.55. The Bertz CT molecular complexity index is 621. The zero-order valence-corrected chi connectivity index (χ0v) is 10.9. The van der Waals surface area contributed by atoms with Crippen LogP contribution in [-0.2, 0) is 10.0 Å². The highest BCUT2D eigenvalue weighted by Gasteiger charge is 2.02. The van der Waals surface area contributed by atoms with E-state index < -0.39 is 10.0 Å². The largest absolute Gasteiger partial charge is 0.479 e. The molecule has 7 heteroatoms. The monoisotopic (exact) mass is 269 g/mol. The molecule has 98 valence electrons. The number of hydrogen-bond acceptors (Lipinski definition) is 4. The zero-order chi connectivity index (χ0) is 13.0. The van der Waals surface area contributed by atoms with Crippen molar-refractivity contribution < 1.29 is 13.2 Å². The summed E-state index contributed by atoms with van der Waals surface area (Å²) in [6, 6.07) is 5.60. The second-order valence-electron chi connectivity index (χ2n) is 3.89. The van der Waals surface area contributed by atoms with Crippen LogP contribution in [0.3, 0.4) is 0 Å². The summed E-state index contributed by atoms with van der Waals surface area (Å²) < 4.78 is 31.5. The maximum atomic E-state index is 10.8. The topological polar surface area (TPSA) is 72.7 Å². The lowest BCUT2D eigenvalue weighted by molar-refractivity contribution is 0.296. The van der Waals surface area contributed by atoms with Crippen molar-refractivity contribution in [3.05, 3.63) is 30.6 Å². The number of imidazole rings is 1. The van der Waals surface area contributed by atoms with Crippen LogP contribution in [0.4, 0.5) is 0 Å². The molecule has 2 aromatic rings. The van der Waals surface area contributed by atoms with Gasteiger partial charge in [-0.25, -0.2) is 18.1 Å². The number of nitrogens with zero attached hydrogens (tertiary/aromatic N) is 2. The summed E-state index contributed by atoms with van der Waals surface area (Å²) in [4.78, 5) is 4.15. The third-order valence-corrected chi connectivity index (χ3v) is 3.05. The SMILES string of the molecule is CS(=O)(=O)NCCCOc1cccc2nccn12. The fourth-order valence-corrected chi connectivity index (χ4v) is 2.06. The summed E-state index contributed by atoms with van der Waals surface area (Å²) >= 11 is 0. The van der Waals surface area contributed by atoms with E-state index in [1.807, 2.05) is 28.8 Å². The highest BCUT2D eigenvalue weighted by molar-refractivity contribution is 7.88. The van der Waals surface area contributed by atoms with Crippen molar-refractivity contribution in [1.29, 1.82) is 0 Å². The Balaban J connectivity index is 1.85. The van der Waals surface area contributed by atoms with Crippen LogP contribution in [-0.4, -0.2) is 37.2 Å². The van der Waals surface area contributed by atoms with Crippen LogP contribution >= 0.6 is 0 Å². The van der Waals surface area contributed by atoms with Gasteiger partial charge in [0.1, 0.15) is 5.65 Å². The first-order chi connectivity index (χ1) is 8.56. The molecule has 0 aromatic carbocycles. The van der Waals surface area contributed by atoms with E-state index in [0.29, 0.717) is 25.5 Å². The molecular weight excluding hydrogens is 254 g/mol. The second-order valence-corrected chi connectivity index (χ2v) is 5.72. The van der Waals surface area contributed by atoms with Crippen molar-refractivity contribution >= 4 is 15.7 Å². The third-order valence-electron chi connectivity index (χ3n) is 2.33. The van der Waals surface area contributed by atoms with E-state index in [1.54, 1.807) is 6.20 Å². The minimum Gasteiger partial charge on any atom is -0.479 e. The molecule has 0 aliphatic carbocycles. The number of ether oxygens (including phenoxy) is 1. The van der Waals surface area contributed by atoms with Crippen LogP contribution in [0.2, 0.25) is 0 Å². The smallest absolute Gasteiger partial charge is 0.208 e. The molecule has 0 bridgehead atoms. The molecule has 0 saturated heterocycles. The fraction of sp³-hybridized carbons (Fsp3) is 0.364. The number of aromatic nitrogens is 2. The van der Waals surface area contributed by atoms with Crippen molar-refractivity contribution in [3.8, 4) is 5.88 Å². The highest BCUT2D eigenvalue weighted by Crippen LogP contribution is 2.13. The number of sulfonamides is 1. The molecule has 0 fully saturated rings. The van der Waals surface area contributed by atoms with Gasteiger partial charge in [-0.15, -0.1) is 0 Å². The zero-order valence-electron chi connectivity index (χ0n) is 10.0. The van der Waals surface area contributed by atoms with E-state index in [4.69, 9.17) is 4.74 Å². The molecule has 0 aliphatic rings. The Morgan fingerprint density at radius 1 is 1.44 bits per heavy atom. The van der Waals surface area contributed by atoms with Crippen molar-refractivity contribution in [3.63, 3.8) is 0 Å². The van der Waals surface area contributed by atoms with Crippen molar-refractivity contribution in [1.82, 2.24) is 14.1 Å². The first kappa shape index (κ1) is 12.8. The molecule has 0 aliphatic heterocycles. The summed E-state index contributed by atoms with van der Waals surface area (Å²) in [5, 5.41) is 0. The first-order valence-corrected chi connectivity index (χ1v) is 7.45. The summed E-state index contributed by atoms with van der Waals surface area (Å²) in [5.41, 5.74) is 0.821. The van der Waals surface area contributed by atoms with E-state index in [9.17, 15) is 8.42 Å². The van der Waals surface area contributed by atoms with Gasteiger partial charge in [0.05, 0.1) is 12.9 Å². The molecular formula is C11H15N3O3S. The Labute approximate surface area is 106 Å². The summed E-state index contributed by atoms with van der Waals surface area (Å²) in [5.74, 6) is 0.698. The van der Waals surface area contributed by atoms with Gasteiger partial charge < -0.3 is 4.74 Å². The molecule has 0 spiro atoms. The lowest BCUT2D eigenvalue weighted by Crippen LogP contribution is -2.24. The Hall–Kier alpha value is -1.60. The Morgan fingerprint density at radius 2 is 2.28 bits per heavy atom. The second kappa shape index (κ2) is 5.36. The average molecular weight is 269 g/mol. The summed E-state index contributed by atoms with van der Waals surface area (Å²) in [7, 11) is -3.12. The quantitative estimate of drug-likeness (QED) is 0.782. The van der Waals surface area contributed by atoms with Gasteiger partial charge in [0.25, 0.3) is 0 Å². The van der Waals surface area contributed by atoms with Gasteiger partial charge in [-0.2, -0.15) is 0 Å². The van der Waals surface area contributed by atoms with E-state index in [2.05, 4.69) is 9.71 Å². The molecule has 18 heavy (non-hydrogen) atoms. The van der Waals surface area contributed by atoms with Crippen LogP contribution in [0, 0.1) is 0 Å². The van der Waals surface area contributed by atoms with Gasteiger partial charge in [0, 0.05) is 18.9 Å². The van der Waals surface area contributed by atoms with Gasteiger partial charge in [0.15, 0.2) is 5.88 Å². The standard InChI is InChI=1S/C11H15N3O3S/c1-18(15,16)13-6-3-9-17-11-5-2-4-10-12-7-8-14(10)11/h2,4-5,7-8,13H,3,6,9H2,1H3. The maximum absolute atomic E-state index is 10.8. The summed E-state index contributed by atoms with van der Waals surface area (Å²) in [6.07, 6.45) is 5.27. The first-order valence-electron chi connectivity index (χ1n) is 5.56. The molecule has 6 nitrogen and oxygen atoms in total. The van der Waals surface area contributed by atoms with E-state index in [-0.39, 0.29) is 0 Å². The van der Waals surface area contributed by atoms with Crippen molar-refractivity contribution in [2.45, 2.75) is 6.42 Å². The molecule has 0 saturated carbocycles. The molecule has 0 atom stereocenters. The number of pyridine rings is 1. The Kier molecular flexibility index (Phi) is 3.83. The molecule has 1 N–H and O–H groups in total. The van der Waals surface area contributed by atoms with Gasteiger partial charge in [0.2, 0.25) is 10.0 Å². The predicted octanol–water partition coefficient (Wildman–Crippen LogP) is 0.652. The van der Waals surface area contributed by atoms with Crippen LogP contribution in [0.5, 0.6) is 5.88 Å². The van der Waals surface area contributed by atoms with Crippen LogP contribution < -0.4 is 9.46 Å². The minimum absolute atomic E-state index is 0.374. The van der Waals surface area contributed by atoms with E-state index in [1.165, 1.54) is 0 Å². The van der Waals surface area contributed by atoms with Crippen molar-refractivity contribution in [2.24, 2.45) is 0 Å². The molecule has 0 amide bonds. The molecule has 0 unspecified atom stereocenters. The number of hydrogen-bond donors (Lipinski definition) is 1. The normalized spacial score (nSPS) is 11.8. The lowest BCUT2D eigenvalue weighted by atomic mass is 10.4. The van der Waals surface area contributed by atoms with Crippen molar-refractivity contribution in [2.75, 3.05) is 19.4 Å². The van der Waals surface area contributed by atoms with E-state index in [0.717, 1.165) is 11.9 Å². The maximum Gasteiger partial charge on any atom is 0.208 e. The number of fused-ring (bicyclic) bond motifs is 1. The molecule has 2 aromatic heterocycles. The van der Waals surface area contributed by atoms with Gasteiger partial charge >= 0.3 is 0 Å². The summed E-state index contributed by atoms with van der Waals surface area (Å²) in [6.45, 7) is 0.818. The van der Waals surface area contributed by atoms with Gasteiger partial charge in [-0.1, -0.05) is 6.07 Å². The van der Waals surface area contributed by atoms with E-state index >= 15 is 0 Å². The predicted molar refractivity (Wildman–Crippen MR) is 68.2 cm³/mol. The number of nitrogens with one attached hydrogen (secondary N) is 1. The number of rotatable bonds is 6. The molecule has 2 rings (SSSR count). The van der Waals surface area contributed by atoms with Crippen LogP contribution in [0.1, 0.15) is 6.42 Å². The minimum atomic E-state index is -3.12. The van der Waals surface area contributed by atoms with Crippen LogP contribution in [0.15, 0.2) is 30.6 Å². The highest BCUT2D eigenvalue weighted by atomic mass is 32.2. The molecule has 0 radical (unpaired) electrons. The molecule has 2 heterocycles. The lowest BCUT2D eigenvalue weighted by Gasteiger charge is -2.08. The van der Waals surface area contributed by atoms with Crippen LogP contribution in [0.25, 0.3) is 5.65 Å².